The Hall–Kier alpha value is -1.02. The summed E-state index contributed by atoms with van der Waals surface area (Å²) >= 11 is 0. The number of hydrogen-bond donors (Lipinski definition) is 2. The highest BCUT2D eigenvalue weighted by Crippen LogP contribution is 2.40. The molecular formula is C12H18N2. The van der Waals surface area contributed by atoms with Crippen molar-refractivity contribution in [2.75, 3.05) is 5.73 Å². The van der Waals surface area contributed by atoms with Crippen molar-refractivity contribution in [2.24, 2.45) is 11.7 Å². The lowest BCUT2D eigenvalue weighted by molar-refractivity contribution is 0.627. The second-order valence-corrected chi connectivity index (χ2v) is 4.18. The number of anilines is 1. The van der Waals surface area contributed by atoms with E-state index < -0.39 is 0 Å². The first-order valence-corrected chi connectivity index (χ1v) is 5.36. The van der Waals surface area contributed by atoms with Crippen LogP contribution >= 0.6 is 0 Å². The minimum atomic E-state index is 0.202. The second-order valence-electron chi connectivity index (χ2n) is 4.18. The van der Waals surface area contributed by atoms with Gasteiger partial charge in [-0.05, 0) is 48.4 Å². The smallest absolute Gasteiger partial charge is 0.0327 e. The van der Waals surface area contributed by atoms with E-state index in [1.807, 2.05) is 12.1 Å². The number of nitrogens with two attached hydrogens (primary N) is 2. The minimum Gasteiger partial charge on any atom is -0.399 e. The Morgan fingerprint density at radius 2 is 2.14 bits per heavy atom. The standard InChI is InChI=1S/C12H18N2/c1-2-8-5-6-10(13)7-11(8)12(14)9-3-4-9/h5-7,9,12H,2-4,13-14H2,1H3/t12-/m0/s1. The lowest BCUT2D eigenvalue weighted by atomic mass is 9.95. The predicted octanol–water partition coefficient (Wildman–Crippen LogP) is 2.24. The first-order valence-electron chi connectivity index (χ1n) is 5.36. The molecule has 14 heavy (non-hydrogen) atoms. The van der Waals surface area contributed by atoms with Crippen LogP contribution in [0.1, 0.15) is 36.9 Å². The van der Waals surface area contributed by atoms with Crippen molar-refractivity contribution < 1.29 is 0 Å². The first-order chi connectivity index (χ1) is 6.72. The van der Waals surface area contributed by atoms with Gasteiger partial charge < -0.3 is 11.5 Å². The predicted molar refractivity (Wildman–Crippen MR) is 59.9 cm³/mol. The van der Waals surface area contributed by atoms with Crippen molar-refractivity contribution in [2.45, 2.75) is 32.2 Å². The Balaban J connectivity index is 2.32. The van der Waals surface area contributed by atoms with Gasteiger partial charge in [0.1, 0.15) is 0 Å². The van der Waals surface area contributed by atoms with Crippen LogP contribution in [-0.2, 0) is 6.42 Å². The number of rotatable bonds is 3. The third-order valence-corrected chi connectivity index (χ3v) is 3.04. The van der Waals surface area contributed by atoms with E-state index in [2.05, 4.69) is 13.0 Å². The molecule has 76 valence electrons. The molecule has 1 saturated carbocycles. The van der Waals surface area contributed by atoms with Gasteiger partial charge in [-0.3, -0.25) is 0 Å². The van der Waals surface area contributed by atoms with Gasteiger partial charge in [-0.2, -0.15) is 0 Å². The molecule has 0 aromatic heterocycles. The monoisotopic (exact) mass is 190 g/mol. The Morgan fingerprint density at radius 3 is 2.71 bits per heavy atom. The van der Waals surface area contributed by atoms with Crippen LogP contribution in [0.5, 0.6) is 0 Å². The minimum absolute atomic E-state index is 0.202. The summed E-state index contributed by atoms with van der Waals surface area (Å²) in [7, 11) is 0. The summed E-state index contributed by atoms with van der Waals surface area (Å²) in [5.74, 6) is 0.696. The highest BCUT2D eigenvalue weighted by atomic mass is 14.7. The first kappa shape index (κ1) is 9.53. The van der Waals surface area contributed by atoms with Gasteiger partial charge in [0.05, 0.1) is 0 Å². The molecule has 1 aliphatic carbocycles. The molecule has 2 nitrogen and oxygen atoms in total. The molecule has 2 rings (SSSR count). The third-order valence-electron chi connectivity index (χ3n) is 3.04. The van der Waals surface area contributed by atoms with Crippen LogP contribution < -0.4 is 11.5 Å². The van der Waals surface area contributed by atoms with Crippen LogP contribution in [0.25, 0.3) is 0 Å². The largest absolute Gasteiger partial charge is 0.399 e. The van der Waals surface area contributed by atoms with Gasteiger partial charge in [-0.25, -0.2) is 0 Å². The summed E-state index contributed by atoms with van der Waals surface area (Å²) in [5, 5.41) is 0. The van der Waals surface area contributed by atoms with Gasteiger partial charge in [-0.15, -0.1) is 0 Å². The maximum absolute atomic E-state index is 6.19. The molecule has 0 bridgehead atoms. The van der Waals surface area contributed by atoms with Crippen LogP contribution in [0.2, 0.25) is 0 Å². The van der Waals surface area contributed by atoms with E-state index in [-0.39, 0.29) is 6.04 Å². The van der Waals surface area contributed by atoms with Crippen molar-refractivity contribution >= 4 is 5.69 Å². The summed E-state index contributed by atoms with van der Waals surface area (Å²) in [6, 6.07) is 6.31. The van der Waals surface area contributed by atoms with Gasteiger partial charge >= 0.3 is 0 Å². The van der Waals surface area contributed by atoms with E-state index in [0.717, 1.165) is 12.1 Å². The third kappa shape index (κ3) is 1.75. The fourth-order valence-electron chi connectivity index (χ4n) is 1.95. The Kier molecular flexibility index (Phi) is 2.46. The molecule has 0 saturated heterocycles. The van der Waals surface area contributed by atoms with Gasteiger partial charge in [0, 0.05) is 11.7 Å². The van der Waals surface area contributed by atoms with Crippen molar-refractivity contribution in [3.05, 3.63) is 29.3 Å². The zero-order valence-electron chi connectivity index (χ0n) is 8.66. The lowest BCUT2D eigenvalue weighted by Crippen LogP contribution is -2.14. The van der Waals surface area contributed by atoms with E-state index in [1.54, 1.807) is 0 Å². The maximum atomic E-state index is 6.19. The Morgan fingerprint density at radius 1 is 1.43 bits per heavy atom. The van der Waals surface area contributed by atoms with Crippen LogP contribution in [0.3, 0.4) is 0 Å². The quantitative estimate of drug-likeness (QED) is 0.718. The lowest BCUT2D eigenvalue weighted by Gasteiger charge is -2.15. The maximum Gasteiger partial charge on any atom is 0.0327 e. The number of aryl methyl sites for hydroxylation is 1. The molecule has 1 aliphatic rings. The molecule has 0 heterocycles. The van der Waals surface area contributed by atoms with Gasteiger partial charge in [0.2, 0.25) is 0 Å². The fourth-order valence-corrected chi connectivity index (χ4v) is 1.95. The topological polar surface area (TPSA) is 52.0 Å². The SMILES string of the molecule is CCc1ccc(N)cc1[C@@H](N)C1CC1. The molecule has 2 heteroatoms. The van der Waals surface area contributed by atoms with Crippen LogP contribution in [-0.4, -0.2) is 0 Å². The molecule has 0 amide bonds. The summed E-state index contributed by atoms with van der Waals surface area (Å²) in [4.78, 5) is 0. The van der Waals surface area contributed by atoms with Crippen LogP contribution in [0.4, 0.5) is 5.69 Å². The molecule has 4 N–H and O–H groups in total. The zero-order chi connectivity index (χ0) is 10.1. The van der Waals surface area contributed by atoms with Crippen molar-refractivity contribution in [1.82, 2.24) is 0 Å². The molecule has 1 fully saturated rings. The Bertz CT molecular complexity index is 329. The summed E-state index contributed by atoms with van der Waals surface area (Å²) in [5.41, 5.74) is 15.4. The van der Waals surface area contributed by atoms with Gasteiger partial charge in [0.15, 0.2) is 0 Å². The average Bonchev–Trinajstić information content (AvgIpc) is 3.00. The summed E-state index contributed by atoms with van der Waals surface area (Å²) in [6.07, 6.45) is 3.59. The summed E-state index contributed by atoms with van der Waals surface area (Å²) in [6.45, 7) is 2.16. The fraction of sp³-hybridized carbons (Fsp3) is 0.500. The molecule has 0 radical (unpaired) electrons. The van der Waals surface area contributed by atoms with E-state index in [9.17, 15) is 0 Å². The number of benzene rings is 1. The second kappa shape index (κ2) is 3.62. The normalized spacial score (nSPS) is 18.1. The van der Waals surface area contributed by atoms with Crippen LogP contribution in [0, 0.1) is 5.92 Å². The van der Waals surface area contributed by atoms with Crippen molar-refractivity contribution in [3.8, 4) is 0 Å². The van der Waals surface area contributed by atoms with E-state index in [1.165, 1.54) is 24.0 Å². The molecule has 1 aromatic rings. The number of nitrogen functional groups attached to an aromatic ring is 1. The van der Waals surface area contributed by atoms with Gasteiger partial charge in [-0.1, -0.05) is 13.0 Å². The molecule has 0 aliphatic heterocycles. The van der Waals surface area contributed by atoms with E-state index >= 15 is 0 Å². The molecule has 0 unspecified atom stereocenters. The molecule has 1 atom stereocenters. The summed E-state index contributed by atoms with van der Waals surface area (Å²) < 4.78 is 0. The molecular weight excluding hydrogens is 172 g/mol. The van der Waals surface area contributed by atoms with E-state index in [0.29, 0.717) is 5.92 Å². The highest BCUT2D eigenvalue weighted by Gasteiger charge is 2.30. The average molecular weight is 190 g/mol. The van der Waals surface area contributed by atoms with Crippen molar-refractivity contribution in [1.29, 1.82) is 0 Å². The van der Waals surface area contributed by atoms with E-state index in [4.69, 9.17) is 11.5 Å². The number of hydrogen-bond acceptors (Lipinski definition) is 2. The zero-order valence-corrected chi connectivity index (χ0v) is 8.66. The molecule has 0 spiro atoms. The van der Waals surface area contributed by atoms with Crippen LogP contribution in [0.15, 0.2) is 18.2 Å². The Labute approximate surface area is 85.3 Å². The van der Waals surface area contributed by atoms with Crippen molar-refractivity contribution in [3.63, 3.8) is 0 Å². The van der Waals surface area contributed by atoms with Gasteiger partial charge in [0.25, 0.3) is 0 Å². The molecule has 1 aromatic carbocycles. The highest BCUT2D eigenvalue weighted by molar-refractivity contribution is 5.46.